The first-order chi connectivity index (χ1) is 4.76. The quantitative estimate of drug-likeness (QED) is 0.575. The first kappa shape index (κ1) is 8.52. The summed E-state index contributed by atoms with van der Waals surface area (Å²) in [5, 5.41) is 16.6. The molecule has 0 saturated carbocycles. The van der Waals surface area contributed by atoms with Gasteiger partial charge in [-0.15, -0.1) is 0 Å². The van der Waals surface area contributed by atoms with Crippen LogP contribution >= 0.6 is 0 Å². The van der Waals surface area contributed by atoms with Crippen LogP contribution in [0, 0.1) is 22.7 Å². The Labute approximate surface area is 60.4 Å². The molecule has 0 atom stereocenters. The normalized spacial score (nSPS) is 7.50. The summed E-state index contributed by atoms with van der Waals surface area (Å²) in [4.78, 5) is 0. The summed E-state index contributed by atoms with van der Waals surface area (Å²) in [6.07, 6.45) is 1.48. The largest absolute Gasteiger partial charge is 0.400 e. The molecule has 3 nitrogen and oxygen atoms in total. The number of hydrogen-bond donors (Lipinski definition) is 1. The van der Waals surface area contributed by atoms with Gasteiger partial charge < -0.3 is 5.73 Å². The molecule has 0 heterocycles. The van der Waals surface area contributed by atoms with Gasteiger partial charge in [-0.25, -0.2) is 0 Å². The highest BCUT2D eigenvalue weighted by molar-refractivity contribution is 5.38. The van der Waals surface area contributed by atoms with Crippen molar-refractivity contribution in [3.8, 4) is 12.1 Å². The molecule has 52 valence electrons. The second kappa shape index (κ2) is 4.40. The molecule has 0 amide bonds. The zero-order chi connectivity index (χ0) is 7.98. The molecule has 0 saturated heterocycles. The molecule has 0 bridgehead atoms. The minimum atomic E-state index is 0.0434. The Morgan fingerprint density at radius 2 is 1.90 bits per heavy atom. The topological polar surface area (TPSA) is 73.6 Å². The molecule has 2 N–H and O–H groups in total. The molecule has 0 aromatic carbocycles. The molecule has 0 fully saturated rings. The van der Waals surface area contributed by atoms with Crippen LogP contribution in [0.3, 0.4) is 0 Å². The molecule has 0 aromatic rings. The van der Waals surface area contributed by atoms with Crippen molar-refractivity contribution in [1.82, 2.24) is 0 Å². The maximum Gasteiger partial charge on any atom is 0.148 e. The summed E-state index contributed by atoms with van der Waals surface area (Å²) in [6, 6.07) is 3.46. The van der Waals surface area contributed by atoms with Crippen LogP contribution in [0.25, 0.3) is 0 Å². The maximum absolute atomic E-state index is 8.31. The van der Waals surface area contributed by atoms with Gasteiger partial charge in [-0.05, 0) is 6.42 Å². The first-order valence-electron chi connectivity index (χ1n) is 3.05. The van der Waals surface area contributed by atoms with Crippen LogP contribution < -0.4 is 5.73 Å². The Morgan fingerprint density at radius 3 is 2.20 bits per heavy atom. The predicted octanol–water partition coefficient (Wildman–Crippen LogP) is 1.05. The third-order valence-electron chi connectivity index (χ3n) is 1.06. The average Bonchev–Trinajstić information content (AvgIpc) is 1.91. The van der Waals surface area contributed by atoms with Crippen LogP contribution in [0.4, 0.5) is 0 Å². The van der Waals surface area contributed by atoms with E-state index >= 15 is 0 Å². The Hall–Kier alpha value is -1.48. The number of nitrogens with two attached hydrogens (primary N) is 1. The van der Waals surface area contributed by atoms with Crippen LogP contribution in [0.15, 0.2) is 11.3 Å². The fourth-order valence-electron chi connectivity index (χ4n) is 0.563. The lowest BCUT2D eigenvalue weighted by molar-refractivity contribution is 0.888. The fourth-order valence-corrected chi connectivity index (χ4v) is 0.563. The van der Waals surface area contributed by atoms with Gasteiger partial charge in [0.2, 0.25) is 0 Å². The number of nitriles is 2. The lowest BCUT2D eigenvalue weighted by Crippen LogP contribution is -1.99. The van der Waals surface area contributed by atoms with E-state index in [1.54, 1.807) is 12.1 Å². The number of allylic oxidation sites excluding steroid dienone is 2. The lowest BCUT2D eigenvalue weighted by Gasteiger charge is -1.94. The van der Waals surface area contributed by atoms with Crippen LogP contribution in [0.1, 0.15) is 19.8 Å². The van der Waals surface area contributed by atoms with E-state index in [-0.39, 0.29) is 5.57 Å². The summed E-state index contributed by atoms with van der Waals surface area (Å²) in [7, 11) is 0. The Kier molecular flexibility index (Phi) is 3.75. The summed E-state index contributed by atoms with van der Waals surface area (Å²) in [5.41, 5.74) is 5.82. The summed E-state index contributed by atoms with van der Waals surface area (Å²) < 4.78 is 0. The van der Waals surface area contributed by atoms with Crippen LogP contribution in [-0.4, -0.2) is 0 Å². The molecule has 0 aliphatic heterocycles. The van der Waals surface area contributed by atoms with Crippen LogP contribution in [-0.2, 0) is 0 Å². The molecule has 0 unspecified atom stereocenters. The molecule has 10 heavy (non-hydrogen) atoms. The Bertz CT molecular complexity index is 198. The van der Waals surface area contributed by atoms with Crippen LogP contribution in [0.5, 0.6) is 0 Å². The van der Waals surface area contributed by atoms with Crippen molar-refractivity contribution >= 4 is 0 Å². The van der Waals surface area contributed by atoms with Crippen molar-refractivity contribution in [1.29, 1.82) is 10.5 Å². The van der Waals surface area contributed by atoms with Gasteiger partial charge in [0.05, 0.1) is 0 Å². The van der Waals surface area contributed by atoms with Crippen LogP contribution in [0.2, 0.25) is 0 Å². The van der Waals surface area contributed by atoms with Crippen molar-refractivity contribution in [3.63, 3.8) is 0 Å². The Balaban J connectivity index is 4.36. The molecule has 0 spiro atoms. The highest BCUT2D eigenvalue weighted by atomic mass is 14.6. The van der Waals surface area contributed by atoms with Gasteiger partial charge in [0.1, 0.15) is 17.7 Å². The third-order valence-corrected chi connectivity index (χ3v) is 1.06. The monoisotopic (exact) mass is 135 g/mol. The fraction of sp³-hybridized carbons (Fsp3) is 0.429. The minimum Gasteiger partial charge on any atom is -0.400 e. The molecular weight excluding hydrogens is 126 g/mol. The maximum atomic E-state index is 8.31. The van der Waals surface area contributed by atoms with E-state index in [1.807, 2.05) is 6.92 Å². The molecule has 0 radical (unpaired) electrons. The summed E-state index contributed by atoms with van der Waals surface area (Å²) in [6.45, 7) is 1.94. The van der Waals surface area contributed by atoms with E-state index < -0.39 is 0 Å². The van der Waals surface area contributed by atoms with Gasteiger partial charge in [0.15, 0.2) is 0 Å². The van der Waals surface area contributed by atoms with Gasteiger partial charge >= 0.3 is 0 Å². The van der Waals surface area contributed by atoms with Gasteiger partial charge in [-0.1, -0.05) is 13.3 Å². The van der Waals surface area contributed by atoms with Crippen molar-refractivity contribution in [2.75, 3.05) is 0 Å². The van der Waals surface area contributed by atoms with Crippen molar-refractivity contribution in [2.45, 2.75) is 19.8 Å². The number of rotatable bonds is 2. The average molecular weight is 135 g/mol. The van der Waals surface area contributed by atoms with Gasteiger partial charge in [-0.2, -0.15) is 10.5 Å². The van der Waals surface area contributed by atoms with Gasteiger partial charge in [0, 0.05) is 5.70 Å². The van der Waals surface area contributed by atoms with E-state index in [1.165, 1.54) is 0 Å². The van der Waals surface area contributed by atoms with Crippen molar-refractivity contribution in [2.24, 2.45) is 5.73 Å². The van der Waals surface area contributed by atoms with E-state index in [4.69, 9.17) is 16.3 Å². The minimum absolute atomic E-state index is 0.0434. The molecular formula is C7H9N3. The molecule has 0 aliphatic carbocycles. The molecule has 0 aromatic heterocycles. The Morgan fingerprint density at radius 1 is 1.40 bits per heavy atom. The highest BCUT2D eigenvalue weighted by Crippen LogP contribution is 2.02. The van der Waals surface area contributed by atoms with E-state index in [2.05, 4.69) is 0 Å². The zero-order valence-corrected chi connectivity index (χ0v) is 5.89. The second-order valence-corrected chi connectivity index (χ2v) is 1.87. The third kappa shape index (κ3) is 2.19. The number of hydrogen-bond acceptors (Lipinski definition) is 3. The van der Waals surface area contributed by atoms with E-state index in [0.717, 1.165) is 6.42 Å². The SMILES string of the molecule is CCCC(N)=C(C#N)C#N. The summed E-state index contributed by atoms with van der Waals surface area (Å²) >= 11 is 0. The standard InChI is InChI=1S/C7H9N3/c1-2-3-7(10)6(4-8)5-9/h2-3,10H2,1H3. The zero-order valence-electron chi connectivity index (χ0n) is 5.89. The van der Waals surface area contributed by atoms with E-state index in [0.29, 0.717) is 12.1 Å². The molecule has 0 rings (SSSR count). The summed E-state index contributed by atoms with van der Waals surface area (Å²) in [5.74, 6) is 0. The predicted molar refractivity (Wildman–Crippen MR) is 37.3 cm³/mol. The van der Waals surface area contributed by atoms with Crippen molar-refractivity contribution < 1.29 is 0 Å². The van der Waals surface area contributed by atoms with Gasteiger partial charge in [0.25, 0.3) is 0 Å². The second-order valence-electron chi connectivity index (χ2n) is 1.87. The van der Waals surface area contributed by atoms with E-state index in [9.17, 15) is 0 Å². The lowest BCUT2D eigenvalue weighted by atomic mass is 10.2. The van der Waals surface area contributed by atoms with Gasteiger partial charge in [-0.3, -0.25) is 0 Å². The highest BCUT2D eigenvalue weighted by Gasteiger charge is 1.98. The number of nitrogens with zero attached hydrogens (tertiary/aromatic N) is 2. The molecule has 0 aliphatic rings. The molecule has 3 heteroatoms. The van der Waals surface area contributed by atoms with Crippen molar-refractivity contribution in [3.05, 3.63) is 11.3 Å². The first-order valence-corrected chi connectivity index (χ1v) is 3.05. The smallest absolute Gasteiger partial charge is 0.148 e.